The molecule has 0 amide bonds. The molecule has 2 rings (SSSR count). The van der Waals surface area contributed by atoms with E-state index in [4.69, 9.17) is 0 Å². The summed E-state index contributed by atoms with van der Waals surface area (Å²) in [5.41, 5.74) is 1.15. The predicted octanol–water partition coefficient (Wildman–Crippen LogP) is 0.841. The van der Waals surface area contributed by atoms with Crippen molar-refractivity contribution in [3.05, 3.63) is 30.1 Å². The highest BCUT2D eigenvalue weighted by molar-refractivity contribution is 7.88. The molecule has 0 radical (unpaired) electrons. The van der Waals surface area contributed by atoms with Crippen LogP contribution in [0.1, 0.15) is 18.9 Å². The summed E-state index contributed by atoms with van der Waals surface area (Å²) in [4.78, 5) is 4.08. The van der Waals surface area contributed by atoms with E-state index in [0.717, 1.165) is 18.5 Å². The summed E-state index contributed by atoms with van der Waals surface area (Å²) in [7, 11) is -3.05. The number of rotatable bonds is 4. The highest BCUT2D eigenvalue weighted by Crippen LogP contribution is 2.19. The summed E-state index contributed by atoms with van der Waals surface area (Å²) in [6.45, 7) is 4.08. The van der Waals surface area contributed by atoms with E-state index in [1.54, 1.807) is 10.5 Å². The summed E-state index contributed by atoms with van der Waals surface area (Å²) >= 11 is 0. The molecule has 0 aliphatic carbocycles. The van der Waals surface area contributed by atoms with Gasteiger partial charge >= 0.3 is 0 Å². The van der Waals surface area contributed by atoms with Crippen molar-refractivity contribution in [2.45, 2.75) is 25.9 Å². The fourth-order valence-corrected chi connectivity index (χ4v) is 3.41. The minimum absolute atomic E-state index is 0.320. The second-order valence-electron chi connectivity index (χ2n) is 5.24. The molecule has 1 saturated heterocycles. The van der Waals surface area contributed by atoms with E-state index >= 15 is 0 Å². The Hall–Kier alpha value is -0.980. The van der Waals surface area contributed by atoms with Gasteiger partial charge in [-0.2, -0.15) is 0 Å². The van der Waals surface area contributed by atoms with Crippen molar-refractivity contribution < 1.29 is 8.42 Å². The first kappa shape index (κ1) is 14.4. The monoisotopic (exact) mass is 283 g/mol. The van der Waals surface area contributed by atoms with Gasteiger partial charge in [0.15, 0.2) is 0 Å². The fraction of sp³-hybridized carbons (Fsp3) is 0.615. The van der Waals surface area contributed by atoms with Gasteiger partial charge < -0.3 is 5.32 Å². The zero-order valence-electron chi connectivity index (χ0n) is 11.4. The Labute approximate surface area is 115 Å². The Morgan fingerprint density at radius 1 is 1.53 bits per heavy atom. The van der Waals surface area contributed by atoms with E-state index in [9.17, 15) is 8.42 Å². The molecular formula is C13H21N3O2S. The molecule has 1 aromatic heterocycles. The topological polar surface area (TPSA) is 62.3 Å². The molecule has 106 valence electrons. The summed E-state index contributed by atoms with van der Waals surface area (Å²) in [5.74, 6) is 0.320. The van der Waals surface area contributed by atoms with Crippen LogP contribution in [-0.2, 0) is 16.6 Å². The van der Waals surface area contributed by atoms with Crippen LogP contribution in [0.2, 0.25) is 0 Å². The van der Waals surface area contributed by atoms with E-state index in [0.29, 0.717) is 25.0 Å². The first-order valence-corrected chi connectivity index (χ1v) is 8.39. The van der Waals surface area contributed by atoms with Gasteiger partial charge in [-0.3, -0.25) is 4.98 Å². The number of pyridine rings is 1. The van der Waals surface area contributed by atoms with Gasteiger partial charge in [0.2, 0.25) is 10.0 Å². The van der Waals surface area contributed by atoms with Crippen molar-refractivity contribution in [1.82, 2.24) is 14.6 Å². The van der Waals surface area contributed by atoms with Crippen LogP contribution in [0.25, 0.3) is 0 Å². The van der Waals surface area contributed by atoms with E-state index in [2.05, 4.69) is 17.2 Å². The number of sulfonamides is 1. The van der Waals surface area contributed by atoms with Crippen LogP contribution in [0.15, 0.2) is 24.5 Å². The lowest BCUT2D eigenvalue weighted by Gasteiger charge is -2.36. The molecule has 1 fully saturated rings. The molecule has 1 N–H and O–H groups in total. The van der Waals surface area contributed by atoms with Crippen LogP contribution in [0, 0.1) is 5.92 Å². The lowest BCUT2D eigenvalue weighted by molar-refractivity contribution is 0.220. The minimum atomic E-state index is -3.05. The van der Waals surface area contributed by atoms with E-state index in [-0.39, 0.29) is 0 Å². The Kier molecular flexibility index (Phi) is 4.54. The molecule has 5 nitrogen and oxygen atoms in total. The third kappa shape index (κ3) is 3.99. The second kappa shape index (κ2) is 5.98. The molecule has 1 aliphatic heterocycles. The summed E-state index contributed by atoms with van der Waals surface area (Å²) in [6.07, 6.45) is 5.75. The average Bonchev–Trinajstić information content (AvgIpc) is 2.37. The molecular weight excluding hydrogens is 262 g/mol. The molecule has 19 heavy (non-hydrogen) atoms. The number of hydrogen-bond acceptors (Lipinski definition) is 4. The fourth-order valence-electron chi connectivity index (χ4n) is 2.46. The zero-order valence-corrected chi connectivity index (χ0v) is 12.2. The standard InChI is InChI=1S/C13H21N3O2S/c1-11-10-16(19(2,17)18)7-5-13(11)15-9-12-4-3-6-14-8-12/h3-4,6,8,11,13,15H,5,7,9-10H2,1-2H3/t11-,13+/m0/s1. The molecule has 0 bridgehead atoms. The van der Waals surface area contributed by atoms with Crippen molar-refractivity contribution >= 4 is 10.0 Å². The van der Waals surface area contributed by atoms with E-state index in [1.165, 1.54) is 6.26 Å². The van der Waals surface area contributed by atoms with Gasteiger partial charge in [-0.1, -0.05) is 13.0 Å². The van der Waals surface area contributed by atoms with Crippen molar-refractivity contribution in [3.8, 4) is 0 Å². The van der Waals surface area contributed by atoms with Crippen molar-refractivity contribution in [3.63, 3.8) is 0 Å². The lowest BCUT2D eigenvalue weighted by Crippen LogP contribution is -2.49. The summed E-state index contributed by atoms with van der Waals surface area (Å²) in [5, 5.41) is 3.50. The number of nitrogens with one attached hydrogen (secondary N) is 1. The molecule has 0 spiro atoms. The Balaban J connectivity index is 1.87. The van der Waals surface area contributed by atoms with E-state index < -0.39 is 10.0 Å². The minimum Gasteiger partial charge on any atom is -0.310 e. The molecule has 0 saturated carbocycles. The maximum Gasteiger partial charge on any atom is 0.211 e. The first-order valence-electron chi connectivity index (χ1n) is 6.54. The zero-order chi connectivity index (χ0) is 13.9. The second-order valence-corrected chi connectivity index (χ2v) is 7.22. The third-order valence-electron chi connectivity index (χ3n) is 3.63. The Morgan fingerprint density at radius 2 is 2.32 bits per heavy atom. The predicted molar refractivity (Wildman–Crippen MR) is 75.1 cm³/mol. The molecule has 0 unspecified atom stereocenters. The van der Waals surface area contributed by atoms with Crippen LogP contribution < -0.4 is 5.32 Å². The maximum atomic E-state index is 11.5. The number of nitrogens with zero attached hydrogens (tertiary/aromatic N) is 2. The number of aromatic nitrogens is 1. The number of hydrogen-bond donors (Lipinski definition) is 1. The first-order chi connectivity index (χ1) is 8.97. The smallest absolute Gasteiger partial charge is 0.211 e. The molecule has 1 aliphatic rings. The van der Waals surface area contributed by atoms with E-state index in [1.807, 2.05) is 18.3 Å². The third-order valence-corrected chi connectivity index (χ3v) is 4.90. The quantitative estimate of drug-likeness (QED) is 0.889. The lowest BCUT2D eigenvalue weighted by atomic mass is 9.95. The largest absolute Gasteiger partial charge is 0.310 e. The maximum absolute atomic E-state index is 11.5. The van der Waals surface area contributed by atoms with Crippen LogP contribution in [0.3, 0.4) is 0 Å². The SMILES string of the molecule is C[C@H]1CN(S(C)(=O)=O)CC[C@H]1NCc1cccnc1. The van der Waals surface area contributed by atoms with Gasteiger partial charge in [0.1, 0.15) is 0 Å². The summed E-state index contributed by atoms with van der Waals surface area (Å²) < 4.78 is 24.6. The Bertz CT molecular complexity index is 504. The van der Waals surface area contributed by atoms with Crippen LogP contribution in [-0.4, -0.2) is 43.1 Å². The van der Waals surface area contributed by atoms with Gasteiger partial charge in [0.25, 0.3) is 0 Å². The van der Waals surface area contributed by atoms with Crippen LogP contribution >= 0.6 is 0 Å². The normalized spacial score (nSPS) is 25.4. The highest BCUT2D eigenvalue weighted by atomic mass is 32.2. The van der Waals surface area contributed by atoms with Gasteiger partial charge in [-0.05, 0) is 24.0 Å². The van der Waals surface area contributed by atoms with Crippen LogP contribution in [0.5, 0.6) is 0 Å². The molecule has 2 heterocycles. The number of piperidine rings is 1. The highest BCUT2D eigenvalue weighted by Gasteiger charge is 2.29. The Morgan fingerprint density at radius 3 is 2.89 bits per heavy atom. The van der Waals surface area contributed by atoms with Crippen molar-refractivity contribution in [2.24, 2.45) is 5.92 Å². The van der Waals surface area contributed by atoms with Crippen molar-refractivity contribution in [1.29, 1.82) is 0 Å². The van der Waals surface area contributed by atoms with Gasteiger partial charge in [-0.25, -0.2) is 12.7 Å². The molecule has 1 aromatic rings. The van der Waals surface area contributed by atoms with Gasteiger partial charge in [-0.15, -0.1) is 0 Å². The van der Waals surface area contributed by atoms with Crippen LogP contribution in [0.4, 0.5) is 0 Å². The van der Waals surface area contributed by atoms with Gasteiger partial charge in [0, 0.05) is 38.1 Å². The molecule has 0 aromatic carbocycles. The average molecular weight is 283 g/mol. The van der Waals surface area contributed by atoms with Gasteiger partial charge in [0.05, 0.1) is 6.26 Å². The molecule has 2 atom stereocenters. The molecule has 6 heteroatoms. The summed E-state index contributed by atoms with van der Waals surface area (Å²) in [6, 6.07) is 4.32. The van der Waals surface area contributed by atoms with Crippen molar-refractivity contribution in [2.75, 3.05) is 19.3 Å².